The summed E-state index contributed by atoms with van der Waals surface area (Å²) >= 11 is 0. The number of nitrogens with zero attached hydrogens (tertiary/aromatic N) is 4. The van der Waals surface area contributed by atoms with Crippen LogP contribution >= 0.6 is 0 Å². The number of para-hydroxylation sites is 1. The highest BCUT2D eigenvalue weighted by molar-refractivity contribution is 5.94. The Morgan fingerprint density at radius 2 is 2.16 bits per heavy atom. The van der Waals surface area contributed by atoms with Crippen LogP contribution < -0.4 is 0 Å². The van der Waals surface area contributed by atoms with Crippen molar-refractivity contribution in [3.8, 4) is 0 Å². The summed E-state index contributed by atoms with van der Waals surface area (Å²) in [6.45, 7) is 0.392. The summed E-state index contributed by atoms with van der Waals surface area (Å²) in [7, 11) is 1.78. The van der Waals surface area contributed by atoms with E-state index in [1.54, 1.807) is 28.6 Å². The summed E-state index contributed by atoms with van der Waals surface area (Å²) in [6, 6.07) is 9.25. The molecule has 3 rings (SSSR count). The number of carboxylic acids is 1. The maximum Gasteiger partial charge on any atom is 0.352 e. The van der Waals surface area contributed by atoms with Crippen molar-refractivity contribution in [3.05, 3.63) is 47.9 Å². The lowest BCUT2D eigenvalue weighted by atomic mass is 10.2. The number of benzene rings is 1. The van der Waals surface area contributed by atoms with Crippen molar-refractivity contribution in [1.82, 2.24) is 19.6 Å². The topological polar surface area (TPSA) is 72.9 Å². The third-order valence-electron chi connectivity index (χ3n) is 3.00. The normalized spacial score (nSPS) is 11.0. The van der Waals surface area contributed by atoms with Gasteiger partial charge in [-0.15, -0.1) is 5.10 Å². The van der Waals surface area contributed by atoms with Gasteiger partial charge in [-0.05, 0) is 12.1 Å². The molecule has 0 radical (unpaired) electrons. The summed E-state index contributed by atoms with van der Waals surface area (Å²) in [5, 5.41) is 18.0. The van der Waals surface area contributed by atoms with Crippen LogP contribution in [0.25, 0.3) is 10.9 Å². The van der Waals surface area contributed by atoms with Gasteiger partial charge in [-0.2, -0.15) is 0 Å². The van der Waals surface area contributed by atoms with Crippen LogP contribution in [0, 0.1) is 0 Å². The number of hydrogen-bond donors (Lipinski definition) is 1. The van der Waals surface area contributed by atoms with Crippen LogP contribution in [0.4, 0.5) is 0 Å². The average Bonchev–Trinajstić information content (AvgIpc) is 2.95. The highest BCUT2D eigenvalue weighted by Crippen LogP contribution is 2.20. The van der Waals surface area contributed by atoms with Crippen molar-refractivity contribution >= 4 is 16.9 Å². The van der Waals surface area contributed by atoms with Gasteiger partial charge in [0.15, 0.2) is 0 Å². The van der Waals surface area contributed by atoms with Crippen molar-refractivity contribution < 1.29 is 9.90 Å². The van der Waals surface area contributed by atoms with Crippen molar-refractivity contribution in [3.63, 3.8) is 0 Å². The minimum Gasteiger partial charge on any atom is -0.477 e. The minimum atomic E-state index is -0.944. The van der Waals surface area contributed by atoms with E-state index in [0.29, 0.717) is 6.54 Å². The molecule has 0 atom stereocenters. The van der Waals surface area contributed by atoms with Gasteiger partial charge in [0.2, 0.25) is 0 Å². The molecule has 0 bridgehead atoms. The molecular weight excluding hydrogens is 244 g/mol. The van der Waals surface area contributed by atoms with Gasteiger partial charge in [0.1, 0.15) is 11.4 Å². The molecule has 6 heteroatoms. The van der Waals surface area contributed by atoms with E-state index in [4.69, 9.17) is 0 Å². The van der Waals surface area contributed by atoms with Crippen LogP contribution in [0.15, 0.2) is 36.5 Å². The van der Waals surface area contributed by atoms with Gasteiger partial charge in [0.05, 0.1) is 6.54 Å². The first-order valence-corrected chi connectivity index (χ1v) is 5.82. The Hall–Kier alpha value is -2.63. The lowest BCUT2D eigenvalue weighted by Crippen LogP contribution is -2.09. The van der Waals surface area contributed by atoms with Gasteiger partial charge in [0, 0.05) is 24.1 Å². The van der Waals surface area contributed by atoms with E-state index in [2.05, 4.69) is 10.3 Å². The predicted octanol–water partition coefficient (Wildman–Crippen LogP) is 1.52. The van der Waals surface area contributed by atoms with Crippen LogP contribution in [-0.4, -0.2) is 30.6 Å². The molecule has 1 aromatic carbocycles. The van der Waals surface area contributed by atoms with Crippen LogP contribution in [0.5, 0.6) is 0 Å². The summed E-state index contributed by atoms with van der Waals surface area (Å²) in [5.74, 6) is -0.944. The predicted molar refractivity (Wildman–Crippen MR) is 69.0 cm³/mol. The van der Waals surface area contributed by atoms with Crippen molar-refractivity contribution in [2.75, 3.05) is 0 Å². The zero-order valence-corrected chi connectivity index (χ0v) is 10.3. The second-order valence-electron chi connectivity index (χ2n) is 4.36. The van der Waals surface area contributed by atoms with Crippen LogP contribution in [0.3, 0.4) is 0 Å². The first kappa shape index (κ1) is 11.5. The molecule has 0 spiro atoms. The lowest BCUT2D eigenvalue weighted by Gasteiger charge is -2.05. The fraction of sp³-hybridized carbons (Fsp3) is 0.154. The Bertz CT molecular complexity index is 757. The number of aromatic nitrogens is 4. The minimum absolute atomic E-state index is 0.256. The Kier molecular flexibility index (Phi) is 2.56. The quantitative estimate of drug-likeness (QED) is 0.771. The van der Waals surface area contributed by atoms with E-state index in [-0.39, 0.29) is 5.69 Å². The Balaban J connectivity index is 2.14. The van der Waals surface area contributed by atoms with E-state index in [1.807, 2.05) is 24.3 Å². The number of aryl methyl sites for hydroxylation is 1. The smallest absolute Gasteiger partial charge is 0.352 e. The zero-order chi connectivity index (χ0) is 13.4. The molecule has 96 valence electrons. The second-order valence-corrected chi connectivity index (χ2v) is 4.36. The number of rotatable bonds is 3. The Morgan fingerprint density at radius 3 is 2.84 bits per heavy atom. The van der Waals surface area contributed by atoms with E-state index >= 15 is 0 Å². The molecule has 0 aliphatic rings. The van der Waals surface area contributed by atoms with Gasteiger partial charge in [-0.3, -0.25) is 4.68 Å². The zero-order valence-electron chi connectivity index (χ0n) is 10.3. The molecule has 0 saturated heterocycles. The molecule has 0 aliphatic heterocycles. The van der Waals surface area contributed by atoms with Crippen LogP contribution in [0.1, 0.15) is 16.2 Å². The van der Waals surface area contributed by atoms with E-state index in [9.17, 15) is 9.90 Å². The fourth-order valence-corrected chi connectivity index (χ4v) is 2.19. The summed E-state index contributed by atoms with van der Waals surface area (Å²) < 4.78 is 3.34. The maximum atomic E-state index is 11.3. The molecule has 0 amide bonds. The number of carboxylic acid groups (broad SMARTS) is 1. The summed E-state index contributed by atoms with van der Waals surface area (Å²) in [4.78, 5) is 11.3. The molecule has 6 nitrogen and oxygen atoms in total. The molecule has 0 saturated carbocycles. The first-order chi connectivity index (χ1) is 9.15. The monoisotopic (exact) mass is 256 g/mol. The van der Waals surface area contributed by atoms with Crippen molar-refractivity contribution in [2.45, 2.75) is 6.54 Å². The largest absolute Gasteiger partial charge is 0.477 e. The third-order valence-corrected chi connectivity index (χ3v) is 3.00. The van der Waals surface area contributed by atoms with Crippen LogP contribution in [0.2, 0.25) is 0 Å². The molecule has 19 heavy (non-hydrogen) atoms. The summed E-state index contributed by atoms with van der Waals surface area (Å²) in [6.07, 6.45) is 1.78. The molecule has 2 aromatic heterocycles. The molecule has 0 fully saturated rings. The van der Waals surface area contributed by atoms with Gasteiger partial charge in [-0.1, -0.05) is 23.4 Å². The summed E-state index contributed by atoms with van der Waals surface area (Å²) in [5.41, 5.74) is 1.86. The molecule has 2 heterocycles. The van der Waals surface area contributed by atoms with E-state index in [1.165, 1.54) is 0 Å². The fourth-order valence-electron chi connectivity index (χ4n) is 2.19. The molecule has 0 aliphatic carbocycles. The second kappa shape index (κ2) is 4.24. The van der Waals surface area contributed by atoms with Crippen molar-refractivity contribution in [2.24, 2.45) is 7.05 Å². The standard InChI is InChI=1S/C13H12N4O2/c1-16-7-10(14-15-16)8-17-11-5-3-2-4-9(11)6-12(17)13(18)19/h2-7H,8H2,1H3,(H,18,19). The SMILES string of the molecule is Cn1cc(Cn2c(C(=O)O)cc3ccccc32)nn1. The third kappa shape index (κ3) is 1.97. The highest BCUT2D eigenvalue weighted by Gasteiger charge is 2.15. The Labute approximate surface area is 108 Å². The first-order valence-electron chi connectivity index (χ1n) is 5.82. The van der Waals surface area contributed by atoms with Crippen molar-refractivity contribution in [1.29, 1.82) is 0 Å². The molecular formula is C13H12N4O2. The molecule has 1 N–H and O–H groups in total. The van der Waals surface area contributed by atoms with Gasteiger partial charge < -0.3 is 9.67 Å². The molecule has 3 aromatic rings. The molecule has 0 unspecified atom stereocenters. The highest BCUT2D eigenvalue weighted by atomic mass is 16.4. The number of fused-ring (bicyclic) bond motifs is 1. The number of hydrogen-bond acceptors (Lipinski definition) is 3. The van der Waals surface area contributed by atoms with Crippen LogP contribution in [-0.2, 0) is 13.6 Å². The number of carbonyl (C=O) groups is 1. The Morgan fingerprint density at radius 1 is 1.37 bits per heavy atom. The van der Waals surface area contributed by atoms with Gasteiger partial charge >= 0.3 is 5.97 Å². The van der Waals surface area contributed by atoms with E-state index in [0.717, 1.165) is 16.6 Å². The maximum absolute atomic E-state index is 11.3. The van der Waals surface area contributed by atoms with Gasteiger partial charge in [-0.25, -0.2) is 4.79 Å². The van der Waals surface area contributed by atoms with E-state index < -0.39 is 5.97 Å². The van der Waals surface area contributed by atoms with Gasteiger partial charge in [0.25, 0.3) is 0 Å². The lowest BCUT2D eigenvalue weighted by molar-refractivity contribution is 0.0686. The average molecular weight is 256 g/mol. The number of aromatic carboxylic acids is 1.